The summed E-state index contributed by atoms with van der Waals surface area (Å²) in [5.74, 6) is 2.41. The van der Waals surface area contributed by atoms with Gasteiger partial charge in [0.15, 0.2) is 11.5 Å². The summed E-state index contributed by atoms with van der Waals surface area (Å²) in [6.45, 7) is 0.551. The Hall–Kier alpha value is -3.02. The van der Waals surface area contributed by atoms with Gasteiger partial charge in [-0.05, 0) is 35.9 Å². The lowest BCUT2D eigenvalue weighted by Crippen LogP contribution is -2.03. The predicted octanol–water partition coefficient (Wildman–Crippen LogP) is 2.85. The van der Waals surface area contributed by atoms with Gasteiger partial charge in [-0.3, -0.25) is 9.67 Å². The van der Waals surface area contributed by atoms with Gasteiger partial charge in [0, 0.05) is 31.2 Å². The van der Waals surface area contributed by atoms with Gasteiger partial charge < -0.3 is 14.0 Å². The molecule has 0 saturated carbocycles. The van der Waals surface area contributed by atoms with Crippen LogP contribution in [0.4, 0.5) is 0 Å². The van der Waals surface area contributed by atoms with E-state index in [9.17, 15) is 0 Å². The zero-order valence-electron chi connectivity index (χ0n) is 14.0. The molecule has 6 heteroatoms. The summed E-state index contributed by atoms with van der Waals surface area (Å²) in [7, 11) is 5.17. The molecule has 2 heterocycles. The smallest absolute Gasteiger partial charge is 0.161 e. The Labute approximate surface area is 141 Å². The van der Waals surface area contributed by atoms with Crippen molar-refractivity contribution in [2.75, 3.05) is 14.2 Å². The second kappa shape index (κ2) is 7.04. The van der Waals surface area contributed by atoms with Crippen LogP contribution < -0.4 is 9.47 Å². The van der Waals surface area contributed by atoms with E-state index in [1.165, 1.54) is 0 Å². The van der Waals surface area contributed by atoms with Crippen LogP contribution in [0.5, 0.6) is 11.5 Å². The van der Waals surface area contributed by atoms with Crippen molar-refractivity contribution in [3.63, 3.8) is 0 Å². The Balaban J connectivity index is 1.78. The molecule has 2 aromatic heterocycles. The van der Waals surface area contributed by atoms with Crippen LogP contribution in [0.15, 0.2) is 53.9 Å². The summed E-state index contributed by atoms with van der Waals surface area (Å²) in [4.78, 5) is 4.54. The highest BCUT2D eigenvalue weighted by atomic mass is 16.5. The lowest BCUT2D eigenvalue weighted by molar-refractivity contribution is 0.355. The Morgan fingerprint density at radius 2 is 1.88 bits per heavy atom. The quantitative estimate of drug-likeness (QED) is 0.655. The lowest BCUT2D eigenvalue weighted by atomic mass is 10.2. The van der Waals surface area contributed by atoms with Gasteiger partial charge in [-0.2, -0.15) is 5.10 Å². The minimum Gasteiger partial charge on any atom is -0.493 e. The topological polar surface area (TPSA) is 53.6 Å². The highest BCUT2D eigenvalue weighted by Crippen LogP contribution is 2.27. The molecule has 124 valence electrons. The Bertz CT molecular complexity index is 835. The summed E-state index contributed by atoms with van der Waals surface area (Å²) in [6, 6.07) is 9.70. The molecule has 3 rings (SSSR count). The standard InChI is InChI=1S/C18H20N4O2/c1-21-18(22-8-4-5-9-22)15(13-20-21)12-19-11-14-6-7-16(23-2)17(10-14)24-3/h4-11,13H,12H2,1-3H3. The van der Waals surface area contributed by atoms with Crippen molar-refractivity contribution in [3.05, 3.63) is 60.0 Å². The van der Waals surface area contributed by atoms with Crippen LogP contribution in [0.2, 0.25) is 0 Å². The van der Waals surface area contributed by atoms with Gasteiger partial charge in [0.05, 0.1) is 27.0 Å². The first-order chi connectivity index (χ1) is 11.7. The molecule has 0 atom stereocenters. The van der Waals surface area contributed by atoms with E-state index in [1.54, 1.807) is 14.2 Å². The van der Waals surface area contributed by atoms with Crippen LogP contribution in [0.3, 0.4) is 0 Å². The second-order valence-electron chi connectivity index (χ2n) is 5.29. The number of ether oxygens (including phenoxy) is 2. The molecule has 3 aromatic rings. The maximum atomic E-state index is 5.31. The number of aromatic nitrogens is 3. The molecular formula is C18H20N4O2. The first kappa shape index (κ1) is 15.9. The Kier molecular flexibility index (Phi) is 4.65. The molecule has 24 heavy (non-hydrogen) atoms. The van der Waals surface area contributed by atoms with E-state index >= 15 is 0 Å². The van der Waals surface area contributed by atoms with Gasteiger partial charge in [0.25, 0.3) is 0 Å². The molecular weight excluding hydrogens is 304 g/mol. The van der Waals surface area contributed by atoms with Crippen LogP contribution in [0, 0.1) is 0 Å². The molecule has 6 nitrogen and oxygen atoms in total. The molecule has 0 bridgehead atoms. The number of benzene rings is 1. The number of hydrogen-bond acceptors (Lipinski definition) is 4. The number of aryl methyl sites for hydroxylation is 1. The summed E-state index contributed by atoms with van der Waals surface area (Å²) < 4.78 is 14.4. The third-order valence-corrected chi connectivity index (χ3v) is 3.74. The van der Waals surface area contributed by atoms with E-state index in [4.69, 9.17) is 9.47 Å². The summed E-state index contributed by atoms with van der Waals surface area (Å²) >= 11 is 0. The highest BCUT2D eigenvalue weighted by Gasteiger charge is 2.09. The van der Waals surface area contributed by atoms with Crippen molar-refractivity contribution in [2.45, 2.75) is 6.54 Å². The number of nitrogens with zero attached hydrogens (tertiary/aromatic N) is 4. The fourth-order valence-electron chi connectivity index (χ4n) is 2.58. The molecule has 0 aliphatic heterocycles. The van der Waals surface area contributed by atoms with E-state index in [2.05, 4.69) is 10.1 Å². The number of hydrogen-bond donors (Lipinski definition) is 0. The van der Waals surface area contributed by atoms with E-state index in [-0.39, 0.29) is 0 Å². The fraction of sp³-hybridized carbons (Fsp3) is 0.222. The Morgan fingerprint density at radius 1 is 1.12 bits per heavy atom. The first-order valence-electron chi connectivity index (χ1n) is 7.59. The van der Waals surface area contributed by atoms with Crippen molar-refractivity contribution in [3.8, 4) is 17.3 Å². The van der Waals surface area contributed by atoms with E-state index in [1.807, 2.05) is 71.4 Å². The molecule has 0 saturated heterocycles. The van der Waals surface area contributed by atoms with E-state index < -0.39 is 0 Å². The Morgan fingerprint density at radius 3 is 2.58 bits per heavy atom. The maximum Gasteiger partial charge on any atom is 0.161 e. The van der Waals surface area contributed by atoms with Gasteiger partial charge in [0.2, 0.25) is 0 Å². The summed E-state index contributed by atoms with van der Waals surface area (Å²) in [5.41, 5.74) is 2.02. The van der Waals surface area contributed by atoms with Crippen LogP contribution in [0.25, 0.3) is 5.82 Å². The minimum atomic E-state index is 0.551. The predicted molar refractivity (Wildman–Crippen MR) is 93.4 cm³/mol. The minimum absolute atomic E-state index is 0.551. The van der Waals surface area contributed by atoms with Crippen LogP contribution >= 0.6 is 0 Å². The third kappa shape index (κ3) is 3.17. The summed E-state index contributed by atoms with van der Waals surface area (Å²) in [6.07, 6.45) is 7.67. The third-order valence-electron chi connectivity index (χ3n) is 3.74. The van der Waals surface area contributed by atoms with Crippen LogP contribution in [-0.2, 0) is 13.6 Å². The maximum absolute atomic E-state index is 5.31. The molecule has 0 amide bonds. The van der Waals surface area contributed by atoms with Gasteiger partial charge in [0.1, 0.15) is 5.82 Å². The normalized spacial score (nSPS) is 11.1. The fourth-order valence-corrected chi connectivity index (χ4v) is 2.58. The molecule has 0 N–H and O–H groups in total. The zero-order chi connectivity index (χ0) is 16.9. The van der Waals surface area contributed by atoms with Gasteiger partial charge in [-0.1, -0.05) is 0 Å². The molecule has 0 radical (unpaired) electrons. The second-order valence-corrected chi connectivity index (χ2v) is 5.29. The molecule has 0 spiro atoms. The van der Waals surface area contributed by atoms with Crippen LogP contribution in [0.1, 0.15) is 11.1 Å². The SMILES string of the molecule is COc1ccc(C=NCc2cnn(C)c2-n2cccc2)cc1OC. The van der Waals surface area contributed by atoms with Gasteiger partial charge in [-0.15, -0.1) is 0 Å². The average Bonchev–Trinajstić information content (AvgIpc) is 3.24. The zero-order valence-corrected chi connectivity index (χ0v) is 14.0. The first-order valence-corrected chi connectivity index (χ1v) is 7.59. The molecule has 0 aliphatic carbocycles. The van der Waals surface area contributed by atoms with Gasteiger partial charge >= 0.3 is 0 Å². The van der Waals surface area contributed by atoms with Crippen molar-refractivity contribution < 1.29 is 9.47 Å². The highest BCUT2D eigenvalue weighted by molar-refractivity contribution is 5.81. The van der Waals surface area contributed by atoms with Crippen LogP contribution in [-0.4, -0.2) is 34.8 Å². The number of rotatable bonds is 6. The van der Waals surface area contributed by atoms with E-state index in [0.29, 0.717) is 18.0 Å². The van der Waals surface area contributed by atoms with Gasteiger partial charge in [-0.25, -0.2) is 0 Å². The molecule has 0 fully saturated rings. The van der Waals surface area contributed by atoms with E-state index in [0.717, 1.165) is 16.9 Å². The number of aliphatic imine (C=N–C) groups is 1. The van der Waals surface area contributed by atoms with Crippen molar-refractivity contribution in [1.82, 2.24) is 14.3 Å². The number of methoxy groups -OCH3 is 2. The monoisotopic (exact) mass is 324 g/mol. The molecule has 0 aliphatic rings. The van der Waals surface area contributed by atoms with Crippen molar-refractivity contribution in [1.29, 1.82) is 0 Å². The summed E-state index contributed by atoms with van der Waals surface area (Å²) in [5, 5.41) is 4.33. The van der Waals surface area contributed by atoms with Crippen molar-refractivity contribution >= 4 is 6.21 Å². The van der Waals surface area contributed by atoms with Crippen molar-refractivity contribution in [2.24, 2.45) is 12.0 Å². The molecule has 1 aromatic carbocycles. The largest absolute Gasteiger partial charge is 0.493 e. The lowest BCUT2D eigenvalue weighted by Gasteiger charge is -2.07. The molecule has 0 unspecified atom stereocenters. The average molecular weight is 324 g/mol.